The van der Waals surface area contributed by atoms with Crippen LogP contribution in [0.4, 0.5) is 5.69 Å². The van der Waals surface area contributed by atoms with Crippen LogP contribution in [0.3, 0.4) is 0 Å². The minimum atomic E-state index is -0.118. The molecule has 2 amide bonds. The van der Waals surface area contributed by atoms with Gasteiger partial charge in [-0.3, -0.25) is 14.4 Å². The average Bonchev–Trinajstić information content (AvgIpc) is 2.34. The summed E-state index contributed by atoms with van der Waals surface area (Å²) < 4.78 is 0. The molecule has 1 aliphatic rings. The predicted octanol–water partition coefficient (Wildman–Crippen LogP) is 0.694. The summed E-state index contributed by atoms with van der Waals surface area (Å²) >= 11 is 0. The minimum Gasteiger partial charge on any atom is -0.335 e. The number of nitrogens with zero attached hydrogens (tertiary/aromatic N) is 2. The maximum Gasteiger partial charge on any atom is 0.247 e. The molecule has 0 bridgehead atoms. The molecular weight excluding hydrogens is 232 g/mol. The quantitative estimate of drug-likeness (QED) is 0.721. The molecule has 1 aromatic rings. The van der Waals surface area contributed by atoms with Gasteiger partial charge in [0.15, 0.2) is 5.78 Å². The zero-order chi connectivity index (χ0) is 13.3. The molecule has 0 spiro atoms. The SMILES string of the molecule is CC(=O)c1ccc(N2CC(=O)N(C)CC2=O)cc1. The highest BCUT2D eigenvalue weighted by Gasteiger charge is 2.28. The fraction of sp³-hybridized carbons (Fsp3) is 0.308. The van der Waals surface area contributed by atoms with Gasteiger partial charge >= 0.3 is 0 Å². The van der Waals surface area contributed by atoms with E-state index in [0.717, 1.165) is 0 Å². The lowest BCUT2D eigenvalue weighted by Gasteiger charge is -2.31. The van der Waals surface area contributed by atoms with Gasteiger partial charge in [-0.2, -0.15) is 0 Å². The van der Waals surface area contributed by atoms with E-state index in [1.54, 1.807) is 31.3 Å². The van der Waals surface area contributed by atoms with E-state index in [-0.39, 0.29) is 30.7 Å². The Hall–Kier alpha value is -2.17. The summed E-state index contributed by atoms with van der Waals surface area (Å²) in [5, 5.41) is 0. The van der Waals surface area contributed by atoms with Gasteiger partial charge in [-0.15, -0.1) is 0 Å². The Balaban J connectivity index is 2.23. The number of Topliss-reactive ketones (excluding diaryl/α,β-unsaturated/α-hetero) is 1. The molecule has 0 N–H and O–H groups in total. The van der Waals surface area contributed by atoms with Gasteiger partial charge in [-0.1, -0.05) is 0 Å². The number of carbonyl (C=O) groups is 3. The Bertz CT molecular complexity index is 507. The first-order valence-electron chi connectivity index (χ1n) is 5.64. The third kappa shape index (κ3) is 2.25. The number of amides is 2. The molecule has 0 saturated carbocycles. The minimum absolute atomic E-state index is 0.0256. The smallest absolute Gasteiger partial charge is 0.247 e. The third-order valence-electron chi connectivity index (χ3n) is 2.98. The molecule has 1 aliphatic heterocycles. The van der Waals surface area contributed by atoms with Crippen molar-refractivity contribution in [2.24, 2.45) is 0 Å². The van der Waals surface area contributed by atoms with Crippen LogP contribution in [0.15, 0.2) is 24.3 Å². The molecular formula is C13H14N2O3. The maximum atomic E-state index is 11.8. The van der Waals surface area contributed by atoms with Crippen LogP contribution in [0, 0.1) is 0 Å². The molecule has 94 valence electrons. The van der Waals surface area contributed by atoms with Crippen LogP contribution in [0.2, 0.25) is 0 Å². The van der Waals surface area contributed by atoms with E-state index in [0.29, 0.717) is 11.3 Å². The van der Waals surface area contributed by atoms with Crippen molar-refractivity contribution in [3.8, 4) is 0 Å². The normalized spacial score (nSPS) is 16.1. The van der Waals surface area contributed by atoms with Crippen LogP contribution in [0.25, 0.3) is 0 Å². The van der Waals surface area contributed by atoms with Crippen molar-refractivity contribution in [1.29, 1.82) is 0 Å². The molecule has 0 atom stereocenters. The molecule has 18 heavy (non-hydrogen) atoms. The summed E-state index contributed by atoms with van der Waals surface area (Å²) in [4.78, 5) is 37.4. The lowest BCUT2D eigenvalue weighted by atomic mass is 10.1. The standard InChI is InChI=1S/C13H14N2O3/c1-9(16)10-3-5-11(6-4-10)15-8-12(17)14(2)7-13(15)18/h3-6H,7-8H2,1-2H3. The Kier molecular flexibility index (Phi) is 3.14. The van der Waals surface area contributed by atoms with Crippen molar-refractivity contribution in [3.63, 3.8) is 0 Å². The first kappa shape index (κ1) is 12.3. The Morgan fingerprint density at radius 1 is 1.06 bits per heavy atom. The zero-order valence-electron chi connectivity index (χ0n) is 10.3. The number of piperazine rings is 1. The molecule has 1 saturated heterocycles. The van der Waals surface area contributed by atoms with Crippen molar-refractivity contribution >= 4 is 23.3 Å². The van der Waals surface area contributed by atoms with Gasteiger partial charge in [-0.05, 0) is 31.2 Å². The van der Waals surface area contributed by atoms with Crippen LogP contribution in [0.5, 0.6) is 0 Å². The van der Waals surface area contributed by atoms with Crippen LogP contribution in [-0.4, -0.2) is 42.6 Å². The number of carbonyl (C=O) groups excluding carboxylic acids is 3. The topological polar surface area (TPSA) is 57.7 Å². The lowest BCUT2D eigenvalue weighted by molar-refractivity contribution is -0.136. The van der Waals surface area contributed by atoms with Gasteiger partial charge < -0.3 is 9.80 Å². The van der Waals surface area contributed by atoms with Gasteiger partial charge in [0.1, 0.15) is 6.54 Å². The Morgan fingerprint density at radius 3 is 2.22 bits per heavy atom. The molecule has 0 aromatic heterocycles. The van der Waals surface area contributed by atoms with Crippen LogP contribution >= 0.6 is 0 Å². The fourth-order valence-electron chi connectivity index (χ4n) is 1.83. The van der Waals surface area contributed by atoms with Crippen molar-refractivity contribution in [2.75, 3.05) is 25.0 Å². The average molecular weight is 246 g/mol. The van der Waals surface area contributed by atoms with Gasteiger partial charge in [0.2, 0.25) is 11.8 Å². The molecule has 2 rings (SSSR count). The molecule has 1 heterocycles. The van der Waals surface area contributed by atoms with E-state index in [2.05, 4.69) is 0 Å². The highest BCUT2D eigenvalue weighted by Crippen LogP contribution is 2.18. The second-order valence-electron chi connectivity index (χ2n) is 4.33. The van der Waals surface area contributed by atoms with Crippen LogP contribution in [0.1, 0.15) is 17.3 Å². The van der Waals surface area contributed by atoms with Gasteiger partial charge in [0.25, 0.3) is 0 Å². The summed E-state index contributed by atoms with van der Waals surface area (Å²) in [7, 11) is 1.61. The monoisotopic (exact) mass is 246 g/mol. The highest BCUT2D eigenvalue weighted by atomic mass is 16.2. The summed E-state index contributed by atoms with van der Waals surface area (Å²) in [6, 6.07) is 6.70. The number of hydrogen-bond donors (Lipinski definition) is 0. The summed E-state index contributed by atoms with van der Waals surface area (Å²) in [5.74, 6) is -0.236. The second-order valence-corrected chi connectivity index (χ2v) is 4.33. The summed E-state index contributed by atoms with van der Waals surface area (Å²) in [6.07, 6.45) is 0. The van der Waals surface area contributed by atoms with Gasteiger partial charge in [0, 0.05) is 18.3 Å². The first-order chi connectivity index (χ1) is 8.49. The molecule has 0 radical (unpaired) electrons. The van der Waals surface area contributed by atoms with E-state index < -0.39 is 0 Å². The number of ketones is 1. The number of rotatable bonds is 2. The van der Waals surface area contributed by atoms with E-state index >= 15 is 0 Å². The predicted molar refractivity (Wildman–Crippen MR) is 66.4 cm³/mol. The van der Waals surface area contributed by atoms with Crippen molar-refractivity contribution < 1.29 is 14.4 Å². The maximum absolute atomic E-state index is 11.8. The summed E-state index contributed by atoms with van der Waals surface area (Å²) in [5.41, 5.74) is 1.23. The number of benzene rings is 1. The second kappa shape index (κ2) is 4.60. The van der Waals surface area contributed by atoms with Crippen LogP contribution in [-0.2, 0) is 9.59 Å². The van der Waals surface area contributed by atoms with E-state index in [9.17, 15) is 14.4 Å². The van der Waals surface area contributed by atoms with Crippen molar-refractivity contribution in [1.82, 2.24) is 4.90 Å². The fourth-order valence-corrected chi connectivity index (χ4v) is 1.83. The van der Waals surface area contributed by atoms with Gasteiger partial charge in [0.05, 0.1) is 6.54 Å². The highest BCUT2D eigenvalue weighted by molar-refractivity contribution is 6.04. The number of anilines is 1. The largest absolute Gasteiger partial charge is 0.335 e. The molecule has 1 fully saturated rings. The van der Waals surface area contributed by atoms with Crippen molar-refractivity contribution in [3.05, 3.63) is 29.8 Å². The number of hydrogen-bond acceptors (Lipinski definition) is 3. The number of likely N-dealkylation sites (N-methyl/N-ethyl adjacent to an activating group) is 1. The van der Waals surface area contributed by atoms with Crippen LogP contribution < -0.4 is 4.90 Å². The van der Waals surface area contributed by atoms with Crippen molar-refractivity contribution in [2.45, 2.75) is 6.92 Å². The lowest BCUT2D eigenvalue weighted by Crippen LogP contribution is -2.52. The van der Waals surface area contributed by atoms with E-state index in [4.69, 9.17) is 0 Å². The molecule has 5 heteroatoms. The van der Waals surface area contributed by atoms with Gasteiger partial charge in [-0.25, -0.2) is 0 Å². The molecule has 1 aromatic carbocycles. The first-order valence-corrected chi connectivity index (χ1v) is 5.64. The molecule has 0 unspecified atom stereocenters. The zero-order valence-corrected chi connectivity index (χ0v) is 10.3. The van der Waals surface area contributed by atoms with E-state index in [1.165, 1.54) is 16.7 Å². The molecule has 5 nitrogen and oxygen atoms in total. The Morgan fingerprint density at radius 2 is 1.67 bits per heavy atom. The Labute approximate surface area is 105 Å². The molecule has 0 aliphatic carbocycles. The van der Waals surface area contributed by atoms with E-state index in [1.807, 2.05) is 0 Å². The summed E-state index contributed by atoms with van der Waals surface area (Å²) in [6.45, 7) is 1.63. The third-order valence-corrected chi connectivity index (χ3v) is 2.98.